The van der Waals surface area contributed by atoms with Crippen molar-refractivity contribution in [1.29, 1.82) is 0 Å². The lowest BCUT2D eigenvalue weighted by atomic mass is 10.1. The Labute approximate surface area is 119 Å². The average molecular weight is 274 g/mol. The molecule has 2 rings (SSSR count). The minimum absolute atomic E-state index is 0.0608. The summed E-state index contributed by atoms with van der Waals surface area (Å²) in [6, 6.07) is 10.7. The van der Waals surface area contributed by atoms with Gasteiger partial charge < -0.3 is 11.1 Å². The molecule has 19 heavy (non-hydrogen) atoms. The number of hydrogen-bond acceptors (Lipinski definition) is 3. The van der Waals surface area contributed by atoms with Gasteiger partial charge in [-0.1, -0.05) is 36.8 Å². The van der Waals surface area contributed by atoms with Crippen LogP contribution in [0.2, 0.25) is 0 Å². The molecule has 0 amide bonds. The SMILES string of the molecule is CCc1ccsc1CNCC(N)c1ccc(C)cc1. The zero-order valence-corrected chi connectivity index (χ0v) is 12.5. The molecule has 0 bridgehead atoms. The van der Waals surface area contributed by atoms with E-state index >= 15 is 0 Å². The van der Waals surface area contributed by atoms with Gasteiger partial charge in [-0.05, 0) is 35.9 Å². The average Bonchev–Trinajstić information content (AvgIpc) is 2.87. The minimum atomic E-state index is 0.0608. The number of nitrogens with one attached hydrogen (secondary N) is 1. The van der Waals surface area contributed by atoms with Crippen LogP contribution in [0.5, 0.6) is 0 Å². The summed E-state index contributed by atoms with van der Waals surface area (Å²) in [5.74, 6) is 0. The molecule has 0 radical (unpaired) electrons. The summed E-state index contributed by atoms with van der Waals surface area (Å²) in [6.45, 7) is 6.02. The molecule has 0 aliphatic carbocycles. The summed E-state index contributed by atoms with van der Waals surface area (Å²) in [5.41, 5.74) is 10.1. The second kappa shape index (κ2) is 6.85. The lowest BCUT2D eigenvalue weighted by Crippen LogP contribution is -2.26. The molecule has 1 aromatic heterocycles. The first-order valence-corrected chi connectivity index (χ1v) is 7.66. The Kier molecular flexibility index (Phi) is 5.14. The van der Waals surface area contributed by atoms with Crippen molar-refractivity contribution < 1.29 is 0 Å². The highest BCUT2D eigenvalue weighted by Crippen LogP contribution is 2.17. The minimum Gasteiger partial charge on any atom is -0.323 e. The summed E-state index contributed by atoms with van der Waals surface area (Å²) in [6.07, 6.45) is 1.10. The first kappa shape index (κ1) is 14.3. The van der Waals surface area contributed by atoms with Gasteiger partial charge in [-0.25, -0.2) is 0 Å². The molecule has 1 heterocycles. The lowest BCUT2D eigenvalue weighted by molar-refractivity contribution is 0.600. The van der Waals surface area contributed by atoms with Crippen molar-refractivity contribution in [3.05, 3.63) is 57.3 Å². The van der Waals surface area contributed by atoms with Gasteiger partial charge in [0, 0.05) is 24.0 Å². The molecule has 0 aliphatic rings. The number of nitrogens with two attached hydrogens (primary N) is 1. The topological polar surface area (TPSA) is 38.0 Å². The molecule has 102 valence electrons. The van der Waals surface area contributed by atoms with Crippen molar-refractivity contribution in [1.82, 2.24) is 5.32 Å². The highest BCUT2D eigenvalue weighted by Gasteiger charge is 2.06. The van der Waals surface area contributed by atoms with E-state index in [9.17, 15) is 0 Å². The Morgan fingerprint density at radius 1 is 1.21 bits per heavy atom. The van der Waals surface area contributed by atoms with Crippen molar-refractivity contribution in [2.45, 2.75) is 32.9 Å². The zero-order chi connectivity index (χ0) is 13.7. The van der Waals surface area contributed by atoms with Crippen LogP contribution in [0.15, 0.2) is 35.7 Å². The van der Waals surface area contributed by atoms with Crippen LogP contribution < -0.4 is 11.1 Å². The predicted molar refractivity (Wildman–Crippen MR) is 83.5 cm³/mol. The molecule has 2 aromatic rings. The van der Waals surface area contributed by atoms with E-state index in [0.29, 0.717) is 0 Å². The van der Waals surface area contributed by atoms with E-state index in [0.717, 1.165) is 19.5 Å². The number of thiophene rings is 1. The lowest BCUT2D eigenvalue weighted by Gasteiger charge is -2.13. The Morgan fingerprint density at radius 2 is 1.95 bits per heavy atom. The zero-order valence-electron chi connectivity index (χ0n) is 11.6. The Balaban J connectivity index is 1.84. The highest BCUT2D eigenvalue weighted by atomic mass is 32.1. The third-order valence-corrected chi connectivity index (χ3v) is 4.34. The molecule has 0 aliphatic heterocycles. The van der Waals surface area contributed by atoms with E-state index in [-0.39, 0.29) is 6.04 Å². The van der Waals surface area contributed by atoms with Crippen molar-refractivity contribution >= 4 is 11.3 Å². The van der Waals surface area contributed by atoms with Crippen LogP contribution in [0.4, 0.5) is 0 Å². The molecule has 0 saturated carbocycles. The smallest absolute Gasteiger partial charge is 0.0421 e. The van der Waals surface area contributed by atoms with Crippen LogP contribution in [-0.2, 0) is 13.0 Å². The number of rotatable bonds is 6. The van der Waals surface area contributed by atoms with Gasteiger partial charge in [0.15, 0.2) is 0 Å². The summed E-state index contributed by atoms with van der Waals surface area (Å²) in [7, 11) is 0. The van der Waals surface area contributed by atoms with Crippen LogP contribution in [0.1, 0.15) is 34.5 Å². The van der Waals surface area contributed by atoms with Gasteiger partial charge in [0.25, 0.3) is 0 Å². The molecule has 1 unspecified atom stereocenters. The monoisotopic (exact) mass is 274 g/mol. The van der Waals surface area contributed by atoms with Gasteiger partial charge in [-0.3, -0.25) is 0 Å². The van der Waals surface area contributed by atoms with Crippen LogP contribution in [0, 0.1) is 6.92 Å². The molecule has 3 heteroatoms. The predicted octanol–water partition coefficient (Wildman–Crippen LogP) is 3.41. The van der Waals surface area contributed by atoms with Gasteiger partial charge in [-0.15, -0.1) is 11.3 Å². The van der Waals surface area contributed by atoms with Gasteiger partial charge in [0.1, 0.15) is 0 Å². The molecule has 0 spiro atoms. The Morgan fingerprint density at radius 3 is 2.63 bits per heavy atom. The first-order chi connectivity index (χ1) is 9.20. The largest absolute Gasteiger partial charge is 0.323 e. The normalized spacial score (nSPS) is 12.6. The maximum Gasteiger partial charge on any atom is 0.0421 e. The molecule has 1 aromatic carbocycles. The fourth-order valence-corrected chi connectivity index (χ4v) is 3.06. The second-order valence-corrected chi connectivity index (χ2v) is 5.87. The summed E-state index contributed by atoms with van der Waals surface area (Å²) in [4.78, 5) is 1.43. The molecule has 2 nitrogen and oxygen atoms in total. The Hall–Kier alpha value is -1.16. The number of hydrogen-bond donors (Lipinski definition) is 2. The third-order valence-electron chi connectivity index (χ3n) is 3.37. The van der Waals surface area contributed by atoms with E-state index in [2.05, 4.69) is 54.9 Å². The fourth-order valence-electron chi connectivity index (χ4n) is 2.11. The van der Waals surface area contributed by atoms with E-state index < -0.39 is 0 Å². The van der Waals surface area contributed by atoms with Crippen molar-refractivity contribution in [3.63, 3.8) is 0 Å². The van der Waals surface area contributed by atoms with Crippen molar-refractivity contribution in [3.8, 4) is 0 Å². The summed E-state index contributed by atoms with van der Waals surface area (Å²) in [5, 5.41) is 5.62. The molecule has 0 saturated heterocycles. The van der Waals surface area contributed by atoms with E-state index in [4.69, 9.17) is 5.73 Å². The fraction of sp³-hybridized carbons (Fsp3) is 0.375. The van der Waals surface area contributed by atoms with Crippen LogP contribution >= 0.6 is 11.3 Å². The third kappa shape index (κ3) is 3.90. The van der Waals surface area contributed by atoms with Crippen molar-refractivity contribution in [2.75, 3.05) is 6.54 Å². The van der Waals surface area contributed by atoms with Crippen LogP contribution in [0.25, 0.3) is 0 Å². The molecular formula is C16H22N2S. The van der Waals surface area contributed by atoms with E-state index in [1.165, 1.54) is 21.6 Å². The molecule has 1 atom stereocenters. The highest BCUT2D eigenvalue weighted by molar-refractivity contribution is 7.10. The van der Waals surface area contributed by atoms with Crippen LogP contribution in [-0.4, -0.2) is 6.54 Å². The first-order valence-electron chi connectivity index (χ1n) is 6.78. The maximum atomic E-state index is 6.20. The maximum absolute atomic E-state index is 6.20. The van der Waals surface area contributed by atoms with E-state index in [1.807, 2.05) is 11.3 Å². The van der Waals surface area contributed by atoms with Crippen molar-refractivity contribution in [2.24, 2.45) is 5.73 Å². The van der Waals surface area contributed by atoms with Gasteiger partial charge in [0.2, 0.25) is 0 Å². The quantitative estimate of drug-likeness (QED) is 0.847. The van der Waals surface area contributed by atoms with Gasteiger partial charge in [0.05, 0.1) is 0 Å². The number of aryl methyl sites for hydroxylation is 2. The molecular weight excluding hydrogens is 252 g/mol. The van der Waals surface area contributed by atoms with E-state index in [1.54, 1.807) is 0 Å². The Bertz CT molecular complexity index is 502. The molecule has 0 fully saturated rings. The van der Waals surface area contributed by atoms with Gasteiger partial charge in [-0.2, -0.15) is 0 Å². The standard InChI is InChI=1S/C16H22N2S/c1-3-13-8-9-19-16(13)11-18-10-15(17)14-6-4-12(2)5-7-14/h4-9,15,18H,3,10-11,17H2,1-2H3. The molecule has 3 N–H and O–H groups in total. The number of benzene rings is 1. The van der Waals surface area contributed by atoms with Crippen LogP contribution in [0.3, 0.4) is 0 Å². The summed E-state index contributed by atoms with van der Waals surface area (Å²) >= 11 is 1.82. The van der Waals surface area contributed by atoms with Gasteiger partial charge >= 0.3 is 0 Å². The summed E-state index contributed by atoms with van der Waals surface area (Å²) < 4.78 is 0. The second-order valence-electron chi connectivity index (χ2n) is 4.87.